The van der Waals surface area contributed by atoms with Gasteiger partial charge < -0.3 is 0 Å². The van der Waals surface area contributed by atoms with E-state index in [4.69, 9.17) is 0 Å². The summed E-state index contributed by atoms with van der Waals surface area (Å²) in [4.78, 5) is 0. The van der Waals surface area contributed by atoms with Crippen LogP contribution in [-0.4, -0.2) is 0 Å². The van der Waals surface area contributed by atoms with E-state index in [1.165, 1.54) is 0 Å². The first-order valence-corrected chi connectivity index (χ1v) is 9.64. The minimum absolute atomic E-state index is 0.771. The summed E-state index contributed by atoms with van der Waals surface area (Å²) >= 11 is 0. The highest BCUT2D eigenvalue weighted by molar-refractivity contribution is 5.50. The molecule has 0 N–H and O–H groups in total. The zero-order valence-corrected chi connectivity index (χ0v) is 16.3. The number of benzene rings is 3. The first-order chi connectivity index (χ1) is 14.9. The Kier molecular flexibility index (Phi) is 6.04. The Labute approximate surface area is 177 Å². The third-order valence-electron chi connectivity index (χ3n) is 4.30. The van der Waals surface area contributed by atoms with Crippen LogP contribution in [0.25, 0.3) is 0 Å². The van der Waals surface area contributed by atoms with Crippen LogP contribution in [0.1, 0.15) is 27.9 Å². The molecule has 0 unspecified atom stereocenters. The largest absolute Gasteiger partial charge is 0.288 e. The molecule has 0 aliphatic carbocycles. The Bertz CT molecular complexity index is 1240. The van der Waals surface area contributed by atoms with Gasteiger partial charge in [-0.2, -0.15) is 0 Å². The SMILES string of the molecule is C(#Cc1ccc[n+](C#Cc2ccccc2)c1C#Cc1ccccc1)c1ccccc1. The van der Waals surface area contributed by atoms with Gasteiger partial charge in [-0.15, -0.1) is 4.57 Å². The smallest absolute Gasteiger partial charge is 0.102 e. The second kappa shape index (κ2) is 9.61. The number of pyridine rings is 1. The molecule has 30 heavy (non-hydrogen) atoms. The molecule has 0 fully saturated rings. The molecule has 0 radical (unpaired) electrons. The van der Waals surface area contributed by atoms with Gasteiger partial charge in [-0.3, -0.25) is 0 Å². The van der Waals surface area contributed by atoms with E-state index in [2.05, 4.69) is 35.6 Å². The van der Waals surface area contributed by atoms with E-state index < -0.39 is 0 Å². The van der Waals surface area contributed by atoms with Crippen LogP contribution in [0.5, 0.6) is 0 Å². The fraction of sp³-hybridized carbons (Fsp3) is 0. The van der Waals surface area contributed by atoms with Gasteiger partial charge in [0.05, 0.1) is 0 Å². The Morgan fingerprint density at radius 2 is 0.933 bits per heavy atom. The Morgan fingerprint density at radius 3 is 1.50 bits per heavy atom. The monoisotopic (exact) mass is 380 g/mol. The van der Waals surface area contributed by atoms with Gasteiger partial charge in [0, 0.05) is 34.6 Å². The molecular weight excluding hydrogens is 362 g/mol. The number of rotatable bonds is 0. The molecule has 1 nitrogen and oxygen atoms in total. The van der Waals surface area contributed by atoms with Crippen LogP contribution in [0.4, 0.5) is 0 Å². The van der Waals surface area contributed by atoms with E-state index in [-0.39, 0.29) is 0 Å². The van der Waals surface area contributed by atoms with Gasteiger partial charge in [0.15, 0.2) is 6.20 Å². The molecule has 0 spiro atoms. The van der Waals surface area contributed by atoms with E-state index in [0.29, 0.717) is 0 Å². The van der Waals surface area contributed by atoms with Crippen LogP contribution in [0, 0.1) is 35.6 Å². The summed E-state index contributed by atoms with van der Waals surface area (Å²) in [5, 5.41) is 0. The quantitative estimate of drug-likeness (QED) is 0.309. The van der Waals surface area contributed by atoms with Crippen molar-refractivity contribution in [1.82, 2.24) is 0 Å². The standard InChI is InChI=1S/C29H18N/c1-4-11-25(12-5-1)18-20-28-17-10-23-30(24-22-27-15-8-3-9-16-27)29(28)21-19-26-13-6-2-7-14-26/h1-17,23H/q+1. The maximum absolute atomic E-state index is 3.28. The van der Waals surface area contributed by atoms with Crippen molar-refractivity contribution in [3.05, 3.63) is 137 Å². The topological polar surface area (TPSA) is 3.88 Å². The summed E-state index contributed by atoms with van der Waals surface area (Å²) in [6.07, 6.45) is 1.92. The van der Waals surface area contributed by atoms with E-state index in [9.17, 15) is 0 Å². The number of hydrogen-bond acceptors (Lipinski definition) is 0. The van der Waals surface area contributed by atoms with Crippen molar-refractivity contribution in [2.24, 2.45) is 0 Å². The highest BCUT2D eigenvalue weighted by Crippen LogP contribution is 2.04. The maximum Gasteiger partial charge on any atom is 0.288 e. The van der Waals surface area contributed by atoms with Crippen LogP contribution in [0.3, 0.4) is 0 Å². The van der Waals surface area contributed by atoms with Crippen LogP contribution in [0.2, 0.25) is 0 Å². The highest BCUT2D eigenvalue weighted by atomic mass is 14.9. The van der Waals surface area contributed by atoms with Crippen molar-refractivity contribution in [3.63, 3.8) is 0 Å². The molecule has 0 saturated carbocycles. The van der Waals surface area contributed by atoms with Crippen LogP contribution in [0.15, 0.2) is 109 Å². The fourth-order valence-electron chi connectivity index (χ4n) is 2.79. The highest BCUT2D eigenvalue weighted by Gasteiger charge is 2.11. The molecule has 3 aromatic carbocycles. The van der Waals surface area contributed by atoms with E-state index in [1.807, 2.05) is 114 Å². The lowest BCUT2D eigenvalue weighted by Crippen LogP contribution is -2.33. The number of hydrogen-bond donors (Lipinski definition) is 0. The van der Waals surface area contributed by atoms with Crippen LogP contribution < -0.4 is 4.57 Å². The molecular formula is C29H18N+. The first kappa shape index (κ1) is 18.8. The van der Waals surface area contributed by atoms with Gasteiger partial charge in [0.1, 0.15) is 5.56 Å². The van der Waals surface area contributed by atoms with Crippen molar-refractivity contribution in [3.8, 4) is 35.6 Å². The lowest BCUT2D eigenvalue weighted by molar-refractivity contribution is -0.586. The minimum Gasteiger partial charge on any atom is -0.102 e. The van der Waals surface area contributed by atoms with Crippen molar-refractivity contribution in [2.45, 2.75) is 0 Å². The third-order valence-corrected chi connectivity index (χ3v) is 4.30. The zero-order chi connectivity index (χ0) is 20.4. The van der Waals surface area contributed by atoms with Crippen molar-refractivity contribution < 1.29 is 4.57 Å². The molecule has 0 bridgehead atoms. The van der Waals surface area contributed by atoms with Crippen molar-refractivity contribution in [1.29, 1.82) is 0 Å². The molecule has 1 heteroatoms. The summed E-state index contributed by atoms with van der Waals surface area (Å²) in [5.74, 6) is 16.2. The fourth-order valence-corrected chi connectivity index (χ4v) is 2.79. The van der Waals surface area contributed by atoms with Gasteiger partial charge in [0.25, 0.3) is 5.69 Å². The second-order valence-corrected chi connectivity index (χ2v) is 6.48. The lowest BCUT2D eigenvalue weighted by atomic mass is 10.1. The zero-order valence-electron chi connectivity index (χ0n) is 16.3. The number of aromatic nitrogens is 1. The Morgan fingerprint density at radius 1 is 0.433 bits per heavy atom. The molecule has 1 heterocycles. The molecule has 0 aliphatic heterocycles. The van der Waals surface area contributed by atoms with Crippen molar-refractivity contribution >= 4 is 0 Å². The summed E-state index contributed by atoms with van der Waals surface area (Å²) < 4.78 is 1.85. The molecule has 1 aromatic heterocycles. The summed E-state index contributed by atoms with van der Waals surface area (Å²) in [7, 11) is 0. The average molecular weight is 380 g/mol. The Balaban J connectivity index is 1.79. The van der Waals surface area contributed by atoms with Gasteiger partial charge in [-0.1, -0.05) is 72.4 Å². The lowest BCUT2D eigenvalue weighted by Gasteiger charge is -1.94. The summed E-state index contributed by atoms with van der Waals surface area (Å²) in [6, 6.07) is 36.9. The normalized spacial score (nSPS) is 9.20. The Hall–Kier alpha value is -4.51. The van der Waals surface area contributed by atoms with Gasteiger partial charge in [0.2, 0.25) is 6.04 Å². The van der Waals surface area contributed by atoms with Crippen molar-refractivity contribution in [2.75, 3.05) is 0 Å². The molecule has 0 amide bonds. The molecule has 4 aromatic rings. The summed E-state index contributed by atoms with van der Waals surface area (Å²) in [6.45, 7) is 0. The molecule has 0 saturated heterocycles. The second-order valence-electron chi connectivity index (χ2n) is 6.48. The minimum atomic E-state index is 0.771. The van der Waals surface area contributed by atoms with Crippen LogP contribution >= 0.6 is 0 Å². The molecule has 0 aliphatic rings. The van der Waals surface area contributed by atoms with Gasteiger partial charge in [-0.05, 0) is 42.5 Å². The molecule has 0 atom stereocenters. The predicted molar refractivity (Wildman–Crippen MR) is 120 cm³/mol. The third kappa shape index (κ3) is 5.05. The molecule has 4 rings (SSSR count). The van der Waals surface area contributed by atoms with Crippen LogP contribution in [-0.2, 0) is 0 Å². The molecule has 138 valence electrons. The average Bonchev–Trinajstić information content (AvgIpc) is 2.82. The van der Waals surface area contributed by atoms with E-state index in [1.54, 1.807) is 0 Å². The predicted octanol–water partition coefficient (Wildman–Crippen LogP) is 4.63. The van der Waals surface area contributed by atoms with Gasteiger partial charge >= 0.3 is 0 Å². The number of nitrogens with zero attached hydrogens (tertiary/aromatic N) is 1. The van der Waals surface area contributed by atoms with E-state index in [0.717, 1.165) is 27.9 Å². The van der Waals surface area contributed by atoms with E-state index >= 15 is 0 Å². The first-order valence-electron chi connectivity index (χ1n) is 9.64. The summed E-state index contributed by atoms with van der Waals surface area (Å²) in [5.41, 5.74) is 4.48. The maximum atomic E-state index is 3.28. The van der Waals surface area contributed by atoms with Gasteiger partial charge in [-0.25, -0.2) is 0 Å².